The lowest BCUT2D eigenvalue weighted by atomic mass is 10.0. The third-order valence-corrected chi connectivity index (χ3v) is 5.02. The van der Waals surface area contributed by atoms with Crippen LogP contribution in [-0.4, -0.2) is 24.0 Å². The molecule has 1 heterocycles. The van der Waals surface area contributed by atoms with Crippen molar-refractivity contribution in [2.75, 3.05) is 11.9 Å². The van der Waals surface area contributed by atoms with Gasteiger partial charge in [0, 0.05) is 32.6 Å². The number of likely N-dealkylation sites (N-methyl/N-ethyl adjacent to an activating group) is 1. The first-order chi connectivity index (χ1) is 12.1. The molecular weight excluding hydrogens is 429 g/mol. The number of anilines is 1. The number of benzene rings is 2. The van der Waals surface area contributed by atoms with Gasteiger partial charge >= 0.3 is 0 Å². The Morgan fingerprint density at radius 2 is 2.00 bits per heavy atom. The summed E-state index contributed by atoms with van der Waals surface area (Å²) >= 11 is 2.19. The molecule has 3 aromatic rings. The Hall–Kier alpha value is -2.51. The van der Waals surface area contributed by atoms with Gasteiger partial charge in [0.2, 0.25) is 5.91 Å². The quantitative estimate of drug-likeness (QED) is 0.264. The van der Waals surface area contributed by atoms with Gasteiger partial charge in [0.15, 0.2) is 0 Å². The second-order valence-corrected chi connectivity index (χ2v) is 6.80. The molecule has 126 valence electrons. The number of halogens is 1. The van der Waals surface area contributed by atoms with Crippen molar-refractivity contribution in [2.45, 2.75) is 12.5 Å². The van der Waals surface area contributed by atoms with Gasteiger partial charge in [0.25, 0.3) is 0 Å². The number of para-hydroxylation sites is 2. The molecule has 1 atom stereocenters. The molecule has 0 bridgehead atoms. The molecule has 7 heteroatoms. The maximum Gasteiger partial charge on any atom is 0.236 e. The normalized spacial score (nSPS) is 11.8. The molecule has 3 rings (SSSR count). The van der Waals surface area contributed by atoms with E-state index in [2.05, 4.69) is 37.6 Å². The molecule has 1 unspecified atom stereocenters. The number of H-pyrrole nitrogens is 1. The summed E-state index contributed by atoms with van der Waals surface area (Å²) in [7, 11) is 1.70. The predicted molar refractivity (Wildman–Crippen MR) is 108 cm³/mol. The van der Waals surface area contributed by atoms with Crippen molar-refractivity contribution in [3.05, 3.63) is 74.3 Å². The number of aromatic amines is 1. The molecule has 0 aliphatic carbocycles. The first-order valence-electron chi connectivity index (χ1n) is 7.73. The minimum absolute atomic E-state index is 0.229. The number of amides is 1. The van der Waals surface area contributed by atoms with E-state index in [9.17, 15) is 4.79 Å². The molecule has 1 aromatic heterocycles. The highest BCUT2D eigenvalue weighted by molar-refractivity contribution is 14.1. The minimum Gasteiger partial charge on any atom is -0.361 e. The molecule has 1 N–H and O–H groups in total. The molecule has 0 saturated carbocycles. The number of nitrogens with one attached hydrogen (secondary N) is 1. The minimum atomic E-state index is -0.801. The first kappa shape index (κ1) is 17.3. The monoisotopic (exact) mass is 445 g/mol. The van der Waals surface area contributed by atoms with Crippen molar-refractivity contribution in [3.63, 3.8) is 0 Å². The molecule has 1 amide bonds. The van der Waals surface area contributed by atoms with Crippen LogP contribution in [0.5, 0.6) is 0 Å². The van der Waals surface area contributed by atoms with E-state index < -0.39 is 6.04 Å². The maximum atomic E-state index is 12.9. The lowest BCUT2D eigenvalue weighted by Crippen LogP contribution is -2.36. The summed E-state index contributed by atoms with van der Waals surface area (Å²) in [6, 6.07) is 14.7. The van der Waals surface area contributed by atoms with Gasteiger partial charge in [0.05, 0.1) is 5.69 Å². The van der Waals surface area contributed by atoms with Crippen molar-refractivity contribution in [2.24, 2.45) is 5.11 Å². The first-order valence-corrected chi connectivity index (χ1v) is 8.81. The molecule has 6 nitrogen and oxygen atoms in total. The number of hydrogen-bond donors (Lipinski definition) is 1. The van der Waals surface area contributed by atoms with Crippen molar-refractivity contribution in [1.82, 2.24) is 4.98 Å². The number of carbonyl (C=O) groups is 1. The number of aromatic nitrogens is 1. The van der Waals surface area contributed by atoms with E-state index in [-0.39, 0.29) is 5.91 Å². The smallest absolute Gasteiger partial charge is 0.236 e. The second-order valence-electron chi connectivity index (χ2n) is 5.63. The number of azide groups is 1. The molecule has 0 aliphatic rings. The van der Waals surface area contributed by atoms with Crippen LogP contribution in [0.3, 0.4) is 0 Å². The second kappa shape index (κ2) is 7.58. The number of carbonyl (C=O) groups excluding carboxylic acids is 1. The number of nitrogens with zero attached hydrogens (tertiary/aromatic N) is 4. The van der Waals surface area contributed by atoms with Crippen LogP contribution in [0.15, 0.2) is 59.8 Å². The Morgan fingerprint density at radius 3 is 2.76 bits per heavy atom. The van der Waals surface area contributed by atoms with E-state index in [4.69, 9.17) is 5.53 Å². The third kappa shape index (κ3) is 3.62. The predicted octanol–water partition coefficient (Wildman–Crippen LogP) is 4.66. The summed E-state index contributed by atoms with van der Waals surface area (Å²) in [5.41, 5.74) is 11.7. The topological polar surface area (TPSA) is 84.9 Å². The van der Waals surface area contributed by atoms with Crippen LogP contribution >= 0.6 is 22.6 Å². The Kier molecular flexibility index (Phi) is 5.25. The lowest BCUT2D eigenvalue weighted by Gasteiger charge is -2.22. The average Bonchev–Trinajstić information content (AvgIpc) is 3.04. The standard InChI is InChI=1S/C18H16IN5O/c1-24(17-9-5-3-7-14(17)19)18(25)16(22-23-20)10-12-11-21-15-8-4-2-6-13(12)15/h2-9,11,16,21H,10H2,1H3. The van der Waals surface area contributed by atoms with Gasteiger partial charge in [-0.05, 0) is 58.3 Å². The van der Waals surface area contributed by atoms with Crippen molar-refractivity contribution < 1.29 is 4.79 Å². The molecular formula is C18H16IN5O. The van der Waals surface area contributed by atoms with Gasteiger partial charge in [-0.15, -0.1) is 0 Å². The fourth-order valence-corrected chi connectivity index (χ4v) is 3.56. The fourth-order valence-electron chi connectivity index (χ4n) is 2.81. The molecule has 0 fully saturated rings. The molecule has 0 aliphatic heterocycles. The molecule has 2 aromatic carbocycles. The van der Waals surface area contributed by atoms with Gasteiger partial charge < -0.3 is 9.88 Å². The Bertz CT molecular complexity index is 961. The summed E-state index contributed by atoms with van der Waals surface area (Å²) in [6.45, 7) is 0. The van der Waals surface area contributed by atoms with E-state index >= 15 is 0 Å². The van der Waals surface area contributed by atoms with Crippen molar-refractivity contribution >= 4 is 45.1 Å². The van der Waals surface area contributed by atoms with E-state index in [1.165, 1.54) is 0 Å². The summed E-state index contributed by atoms with van der Waals surface area (Å²) in [4.78, 5) is 20.5. The number of fused-ring (bicyclic) bond motifs is 1. The Morgan fingerprint density at radius 1 is 1.28 bits per heavy atom. The molecule has 0 spiro atoms. The van der Waals surface area contributed by atoms with E-state index in [0.717, 1.165) is 25.7 Å². The van der Waals surface area contributed by atoms with Crippen molar-refractivity contribution in [1.29, 1.82) is 0 Å². The lowest BCUT2D eigenvalue weighted by molar-refractivity contribution is -0.119. The fraction of sp³-hybridized carbons (Fsp3) is 0.167. The highest BCUT2D eigenvalue weighted by atomic mass is 127. The third-order valence-electron chi connectivity index (χ3n) is 4.11. The van der Waals surface area contributed by atoms with Crippen LogP contribution < -0.4 is 4.90 Å². The number of hydrogen-bond acceptors (Lipinski definition) is 2. The van der Waals surface area contributed by atoms with E-state index in [0.29, 0.717) is 6.42 Å². The zero-order valence-electron chi connectivity index (χ0n) is 13.6. The summed E-state index contributed by atoms with van der Waals surface area (Å²) < 4.78 is 0.961. The summed E-state index contributed by atoms with van der Waals surface area (Å²) in [5.74, 6) is -0.229. The number of rotatable bonds is 5. The zero-order valence-corrected chi connectivity index (χ0v) is 15.7. The van der Waals surface area contributed by atoms with Crippen LogP contribution in [0.2, 0.25) is 0 Å². The average molecular weight is 445 g/mol. The Balaban J connectivity index is 1.89. The van der Waals surface area contributed by atoms with Gasteiger partial charge in [-0.1, -0.05) is 35.4 Å². The van der Waals surface area contributed by atoms with Gasteiger partial charge in [-0.2, -0.15) is 0 Å². The van der Waals surface area contributed by atoms with E-state index in [1.807, 2.05) is 54.7 Å². The molecule has 0 radical (unpaired) electrons. The van der Waals surface area contributed by atoms with Crippen LogP contribution in [0, 0.1) is 3.57 Å². The highest BCUT2D eigenvalue weighted by Gasteiger charge is 2.24. The zero-order chi connectivity index (χ0) is 17.8. The molecule has 0 saturated heterocycles. The van der Waals surface area contributed by atoms with Gasteiger partial charge in [-0.3, -0.25) is 4.79 Å². The maximum absolute atomic E-state index is 12.9. The van der Waals surface area contributed by atoms with Crippen molar-refractivity contribution in [3.8, 4) is 0 Å². The van der Waals surface area contributed by atoms with Gasteiger partial charge in [-0.25, -0.2) is 0 Å². The van der Waals surface area contributed by atoms with Crippen LogP contribution in [0.1, 0.15) is 5.56 Å². The van der Waals surface area contributed by atoms with Gasteiger partial charge in [0.1, 0.15) is 6.04 Å². The highest BCUT2D eigenvalue weighted by Crippen LogP contribution is 2.24. The van der Waals surface area contributed by atoms with Crippen LogP contribution in [0.25, 0.3) is 21.3 Å². The SMILES string of the molecule is CN(C(=O)C(Cc1c[nH]c2ccccc12)N=[N+]=[N-])c1ccccc1I. The largest absolute Gasteiger partial charge is 0.361 e. The molecule has 25 heavy (non-hydrogen) atoms. The van der Waals surface area contributed by atoms with Crippen LogP contribution in [0.4, 0.5) is 5.69 Å². The van der Waals surface area contributed by atoms with E-state index in [1.54, 1.807) is 11.9 Å². The summed E-state index contributed by atoms with van der Waals surface area (Å²) in [5, 5.41) is 4.79. The summed E-state index contributed by atoms with van der Waals surface area (Å²) in [6.07, 6.45) is 2.21. The Labute approximate surface area is 158 Å². The van der Waals surface area contributed by atoms with Crippen LogP contribution in [-0.2, 0) is 11.2 Å².